The molecule has 0 spiro atoms. The lowest BCUT2D eigenvalue weighted by molar-refractivity contribution is 0.111. The third kappa shape index (κ3) is 3.18. The number of aromatic nitrogens is 1. The first-order chi connectivity index (χ1) is 7.33. The van der Waals surface area contributed by atoms with Crippen molar-refractivity contribution >= 4 is 6.29 Å². The Morgan fingerprint density at radius 1 is 1.47 bits per heavy atom. The summed E-state index contributed by atoms with van der Waals surface area (Å²) in [4.78, 5) is 10.8. The van der Waals surface area contributed by atoms with Gasteiger partial charge in [0.25, 0.3) is 0 Å². The van der Waals surface area contributed by atoms with E-state index in [1.807, 2.05) is 16.7 Å². The molecule has 0 saturated carbocycles. The molecule has 0 aromatic carbocycles. The zero-order valence-electron chi connectivity index (χ0n) is 9.11. The molecule has 1 heterocycles. The smallest absolute Gasteiger partial charge is 0.166 e. The Bertz CT molecular complexity index is 308. The number of nitrogens with two attached hydrogens (primary N) is 1. The van der Waals surface area contributed by atoms with E-state index >= 15 is 0 Å². The van der Waals surface area contributed by atoms with Crippen LogP contribution in [0, 0.1) is 0 Å². The summed E-state index contributed by atoms with van der Waals surface area (Å²) in [5, 5.41) is 0. The van der Waals surface area contributed by atoms with Gasteiger partial charge < -0.3 is 15.0 Å². The van der Waals surface area contributed by atoms with E-state index in [-0.39, 0.29) is 0 Å². The second-order valence-corrected chi connectivity index (χ2v) is 3.45. The highest BCUT2D eigenvalue weighted by Crippen LogP contribution is 2.10. The fraction of sp³-hybridized carbons (Fsp3) is 0.545. The SMILES string of the molecule is COCc1ccc(C=O)n1CCCCN. The number of aldehydes is 1. The number of methoxy groups -OCH3 is 1. The van der Waals surface area contributed by atoms with Crippen molar-refractivity contribution in [1.29, 1.82) is 0 Å². The molecule has 0 amide bonds. The molecule has 1 aromatic rings. The van der Waals surface area contributed by atoms with Crippen molar-refractivity contribution in [3.8, 4) is 0 Å². The number of unbranched alkanes of at least 4 members (excludes halogenated alkanes) is 1. The van der Waals surface area contributed by atoms with Gasteiger partial charge in [-0.15, -0.1) is 0 Å². The average Bonchev–Trinajstić information content (AvgIpc) is 2.62. The normalized spacial score (nSPS) is 10.5. The Morgan fingerprint density at radius 3 is 2.87 bits per heavy atom. The Hall–Kier alpha value is -1.13. The van der Waals surface area contributed by atoms with Crippen LogP contribution in [0.2, 0.25) is 0 Å². The van der Waals surface area contributed by atoms with Crippen molar-refractivity contribution in [2.45, 2.75) is 26.0 Å². The molecule has 4 heteroatoms. The molecule has 0 aliphatic rings. The molecule has 2 N–H and O–H groups in total. The molecule has 0 atom stereocenters. The molecule has 0 fully saturated rings. The van der Waals surface area contributed by atoms with E-state index in [4.69, 9.17) is 10.5 Å². The van der Waals surface area contributed by atoms with Crippen molar-refractivity contribution in [3.05, 3.63) is 23.5 Å². The quantitative estimate of drug-likeness (QED) is 0.543. The van der Waals surface area contributed by atoms with Crippen molar-refractivity contribution < 1.29 is 9.53 Å². The van der Waals surface area contributed by atoms with E-state index in [0.29, 0.717) is 18.8 Å². The lowest BCUT2D eigenvalue weighted by Gasteiger charge is -2.09. The van der Waals surface area contributed by atoms with Crippen LogP contribution in [0.15, 0.2) is 12.1 Å². The predicted molar refractivity (Wildman–Crippen MR) is 58.8 cm³/mol. The maximum Gasteiger partial charge on any atom is 0.166 e. The average molecular weight is 210 g/mol. The molecule has 1 aromatic heterocycles. The summed E-state index contributed by atoms with van der Waals surface area (Å²) in [6.07, 6.45) is 2.84. The third-order valence-corrected chi connectivity index (χ3v) is 2.35. The minimum atomic E-state index is 0.538. The number of nitrogens with zero attached hydrogens (tertiary/aromatic N) is 1. The van der Waals surface area contributed by atoms with Crippen LogP contribution in [-0.4, -0.2) is 24.5 Å². The van der Waals surface area contributed by atoms with Gasteiger partial charge in [-0.25, -0.2) is 0 Å². The molecular weight excluding hydrogens is 192 g/mol. The fourth-order valence-electron chi connectivity index (χ4n) is 1.59. The topological polar surface area (TPSA) is 57.2 Å². The van der Waals surface area contributed by atoms with Gasteiger partial charge >= 0.3 is 0 Å². The van der Waals surface area contributed by atoms with Gasteiger partial charge in [0.2, 0.25) is 0 Å². The summed E-state index contributed by atoms with van der Waals surface area (Å²) in [7, 11) is 1.65. The summed E-state index contributed by atoms with van der Waals surface area (Å²) < 4.78 is 7.06. The van der Waals surface area contributed by atoms with E-state index in [9.17, 15) is 4.79 Å². The van der Waals surface area contributed by atoms with Gasteiger partial charge in [-0.3, -0.25) is 4.79 Å². The van der Waals surface area contributed by atoms with E-state index in [1.165, 1.54) is 0 Å². The van der Waals surface area contributed by atoms with Crippen LogP contribution < -0.4 is 5.73 Å². The van der Waals surface area contributed by atoms with Crippen LogP contribution in [0.25, 0.3) is 0 Å². The summed E-state index contributed by atoms with van der Waals surface area (Å²) in [5.41, 5.74) is 7.18. The maximum atomic E-state index is 10.8. The Labute approximate surface area is 90.0 Å². The molecule has 15 heavy (non-hydrogen) atoms. The second kappa shape index (κ2) is 6.37. The molecule has 0 saturated heterocycles. The van der Waals surface area contributed by atoms with Crippen molar-refractivity contribution in [3.63, 3.8) is 0 Å². The Morgan fingerprint density at radius 2 is 2.27 bits per heavy atom. The molecular formula is C11H18N2O2. The van der Waals surface area contributed by atoms with Crippen LogP contribution in [0.4, 0.5) is 0 Å². The molecule has 4 nitrogen and oxygen atoms in total. The van der Waals surface area contributed by atoms with Crippen LogP contribution in [0.5, 0.6) is 0 Å². The molecule has 0 bridgehead atoms. The van der Waals surface area contributed by atoms with Crippen molar-refractivity contribution in [2.75, 3.05) is 13.7 Å². The fourth-order valence-corrected chi connectivity index (χ4v) is 1.59. The Balaban J connectivity index is 2.70. The second-order valence-electron chi connectivity index (χ2n) is 3.45. The van der Waals surface area contributed by atoms with Crippen LogP contribution in [0.1, 0.15) is 29.0 Å². The number of rotatable bonds is 7. The van der Waals surface area contributed by atoms with E-state index < -0.39 is 0 Å². The van der Waals surface area contributed by atoms with Gasteiger partial charge in [-0.05, 0) is 31.5 Å². The van der Waals surface area contributed by atoms with Gasteiger partial charge in [0.1, 0.15) is 0 Å². The first kappa shape index (κ1) is 11.9. The lowest BCUT2D eigenvalue weighted by atomic mass is 10.3. The monoisotopic (exact) mass is 210 g/mol. The Kier molecular flexibility index (Phi) is 5.07. The number of carbonyl (C=O) groups excluding carboxylic acids is 1. The van der Waals surface area contributed by atoms with E-state index in [1.54, 1.807) is 7.11 Å². The van der Waals surface area contributed by atoms with Gasteiger partial charge in [-0.1, -0.05) is 0 Å². The zero-order chi connectivity index (χ0) is 11.1. The number of carbonyl (C=O) groups is 1. The highest BCUT2D eigenvalue weighted by molar-refractivity contribution is 5.72. The third-order valence-electron chi connectivity index (χ3n) is 2.35. The van der Waals surface area contributed by atoms with Crippen molar-refractivity contribution in [2.24, 2.45) is 5.73 Å². The van der Waals surface area contributed by atoms with E-state index in [2.05, 4.69) is 0 Å². The summed E-state index contributed by atoms with van der Waals surface area (Å²) in [6.45, 7) is 2.06. The van der Waals surface area contributed by atoms with Crippen molar-refractivity contribution in [1.82, 2.24) is 4.57 Å². The first-order valence-corrected chi connectivity index (χ1v) is 5.16. The molecule has 0 aliphatic carbocycles. The van der Waals surface area contributed by atoms with Gasteiger partial charge in [0.05, 0.1) is 12.3 Å². The minimum Gasteiger partial charge on any atom is -0.378 e. The number of hydrogen-bond donors (Lipinski definition) is 1. The molecule has 84 valence electrons. The van der Waals surface area contributed by atoms with Crippen LogP contribution in [0.3, 0.4) is 0 Å². The highest BCUT2D eigenvalue weighted by Gasteiger charge is 2.06. The molecule has 0 unspecified atom stereocenters. The summed E-state index contributed by atoms with van der Waals surface area (Å²) in [6, 6.07) is 3.75. The summed E-state index contributed by atoms with van der Waals surface area (Å²) >= 11 is 0. The first-order valence-electron chi connectivity index (χ1n) is 5.16. The van der Waals surface area contributed by atoms with Crippen LogP contribution in [-0.2, 0) is 17.9 Å². The standard InChI is InChI=1S/C11H18N2O2/c1-15-9-11-5-4-10(8-14)13(11)7-3-2-6-12/h4-5,8H,2-3,6-7,9,12H2,1H3. The number of hydrogen-bond acceptors (Lipinski definition) is 3. The lowest BCUT2D eigenvalue weighted by Crippen LogP contribution is -2.09. The van der Waals surface area contributed by atoms with Gasteiger partial charge in [0.15, 0.2) is 6.29 Å². The number of ether oxygens (including phenoxy) is 1. The molecule has 1 rings (SSSR count). The van der Waals surface area contributed by atoms with E-state index in [0.717, 1.165) is 31.4 Å². The molecule has 0 radical (unpaired) electrons. The zero-order valence-corrected chi connectivity index (χ0v) is 9.11. The van der Waals surface area contributed by atoms with Gasteiger partial charge in [0, 0.05) is 19.3 Å². The highest BCUT2D eigenvalue weighted by atomic mass is 16.5. The predicted octanol–water partition coefficient (Wildman–Crippen LogP) is 1.19. The molecule has 0 aliphatic heterocycles. The summed E-state index contributed by atoms with van der Waals surface area (Å²) in [5.74, 6) is 0. The maximum absolute atomic E-state index is 10.8. The minimum absolute atomic E-state index is 0.538. The van der Waals surface area contributed by atoms with Gasteiger partial charge in [-0.2, -0.15) is 0 Å². The largest absolute Gasteiger partial charge is 0.378 e. The van der Waals surface area contributed by atoms with Crippen LogP contribution >= 0.6 is 0 Å².